The number of fused-ring (bicyclic) bond motifs is 7. The largest absolute Gasteiger partial charge is 0.507 e. The van der Waals surface area contributed by atoms with Gasteiger partial charge in [0.1, 0.15) is 22.6 Å². The van der Waals surface area contributed by atoms with Crippen molar-refractivity contribution >= 4 is 54.6 Å². The molecule has 0 unspecified atom stereocenters. The first-order valence-corrected chi connectivity index (χ1v) is 30.0. The summed E-state index contributed by atoms with van der Waals surface area (Å²) in [6.07, 6.45) is 0. The molecule has 1 N–H and O–H groups in total. The van der Waals surface area contributed by atoms with Crippen LogP contribution in [0, 0.1) is 55.4 Å². The minimum atomic E-state index is 0.188. The first-order valence-electron chi connectivity index (χ1n) is 30.0. The Balaban J connectivity index is 1.15. The lowest BCUT2D eigenvalue weighted by atomic mass is 9.81. The van der Waals surface area contributed by atoms with Crippen molar-refractivity contribution < 1.29 is 9.52 Å². The van der Waals surface area contributed by atoms with Gasteiger partial charge in [-0.25, -0.2) is 9.97 Å². The van der Waals surface area contributed by atoms with E-state index in [0.29, 0.717) is 22.4 Å². The Morgan fingerprint density at radius 3 is 1.53 bits per heavy atom. The van der Waals surface area contributed by atoms with Crippen molar-refractivity contribution in [2.45, 2.75) is 55.4 Å². The fraction of sp³-hybridized carbons (Fsp3) is 0.0976. The molecule has 0 saturated carbocycles. The molecule has 418 valence electrons. The van der Waals surface area contributed by atoms with E-state index in [4.69, 9.17) is 14.4 Å². The van der Waals surface area contributed by atoms with Crippen LogP contribution in [0.15, 0.2) is 235 Å². The van der Waals surface area contributed by atoms with Gasteiger partial charge >= 0.3 is 0 Å². The highest BCUT2D eigenvalue weighted by atomic mass is 16.3. The Kier molecular flexibility index (Phi) is 12.7. The van der Waals surface area contributed by atoms with Gasteiger partial charge in [-0.05, 0) is 198 Å². The Morgan fingerprint density at radius 1 is 0.356 bits per heavy atom. The molecular weight excluding hydrogens is 1060 g/mol. The van der Waals surface area contributed by atoms with Crippen LogP contribution in [0.5, 0.6) is 5.75 Å². The topological polar surface area (TPSA) is 64.1 Å². The predicted octanol–water partition coefficient (Wildman–Crippen LogP) is 22.1. The van der Waals surface area contributed by atoms with Gasteiger partial charge in [-0.3, -0.25) is 4.57 Å². The summed E-state index contributed by atoms with van der Waals surface area (Å²) in [5.41, 5.74) is 30.8. The third-order valence-electron chi connectivity index (χ3n) is 17.9. The third-order valence-corrected chi connectivity index (χ3v) is 17.9. The lowest BCUT2D eigenvalue weighted by Gasteiger charge is -2.23. The molecule has 0 aliphatic carbocycles. The van der Waals surface area contributed by atoms with Crippen molar-refractivity contribution in [1.82, 2.24) is 14.5 Å². The average molecular weight is 1120 g/mol. The molecule has 5 nitrogen and oxygen atoms in total. The standard InChI is InChI=1S/C82H63N3O2/c1-47-39-51(5)73(52(6)40-47)64-31-20-32-65(74-53(7)41-48(2)42-54(74)8)75(64)60-45-66(79-70(46-60)85(80-49(3)21-17-22-50(80)4)82(84-79)69-38-37-58-36-35-57-27-18-33-71(86)76(57)78(58)83-69)59-43-67-63-28-15-16-34-72(63)87-81(67)68(44-59)77-61(55-23-11-9-12-24-55)29-19-30-62(77)56-25-13-10-14-26-56/h9-46,86H,1-8H3. The van der Waals surface area contributed by atoms with E-state index in [9.17, 15) is 5.11 Å². The zero-order valence-corrected chi connectivity index (χ0v) is 50.1. The maximum Gasteiger partial charge on any atom is 0.164 e. The van der Waals surface area contributed by atoms with Crippen LogP contribution in [0.3, 0.4) is 0 Å². The molecule has 0 fully saturated rings. The molecule has 0 radical (unpaired) electrons. The molecule has 15 aromatic rings. The first kappa shape index (κ1) is 53.1. The molecule has 12 aromatic carbocycles. The maximum atomic E-state index is 11.6. The predicted molar refractivity (Wildman–Crippen MR) is 364 cm³/mol. The van der Waals surface area contributed by atoms with Crippen molar-refractivity contribution in [2.24, 2.45) is 0 Å². The molecule has 0 aliphatic heterocycles. The number of aromatic hydroxyl groups is 1. The average Bonchev–Trinajstić information content (AvgIpc) is 1.83. The summed E-state index contributed by atoms with van der Waals surface area (Å²) >= 11 is 0. The second-order valence-electron chi connectivity index (χ2n) is 23.8. The van der Waals surface area contributed by atoms with Gasteiger partial charge in [-0.2, -0.15) is 0 Å². The summed E-state index contributed by atoms with van der Waals surface area (Å²) in [5, 5.41) is 16.2. The van der Waals surface area contributed by atoms with Gasteiger partial charge in [-0.15, -0.1) is 0 Å². The number of benzene rings is 12. The number of aryl methyl sites for hydroxylation is 8. The number of nitrogens with zero attached hydrogens (tertiary/aromatic N) is 3. The maximum absolute atomic E-state index is 11.6. The van der Waals surface area contributed by atoms with Crippen LogP contribution < -0.4 is 0 Å². The summed E-state index contributed by atoms with van der Waals surface area (Å²) in [6, 6.07) is 82.8. The second-order valence-corrected chi connectivity index (χ2v) is 23.8. The van der Waals surface area contributed by atoms with Crippen LogP contribution in [0.4, 0.5) is 0 Å². The molecule has 5 heteroatoms. The highest BCUT2D eigenvalue weighted by Crippen LogP contribution is 2.51. The molecule has 0 atom stereocenters. The van der Waals surface area contributed by atoms with E-state index in [1.807, 2.05) is 12.1 Å². The third kappa shape index (κ3) is 8.83. The van der Waals surface area contributed by atoms with Crippen molar-refractivity contribution in [2.75, 3.05) is 0 Å². The number of rotatable bonds is 9. The number of hydrogen-bond acceptors (Lipinski definition) is 4. The van der Waals surface area contributed by atoms with Gasteiger partial charge in [-0.1, -0.05) is 199 Å². The van der Waals surface area contributed by atoms with Crippen molar-refractivity contribution in [1.29, 1.82) is 0 Å². The minimum absolute atomic E-state index is 0.188. The molecule has 3 aromatic heterocycles. The second kappa shape index (κ2) is 20.9. The number of para-hydroxylation sites is 2. The van der Waals surface area contributed by atoms with Gasteiger partial charge in [0.05, 0.1) is 22.2 Å². The van der Waals surface area contributed by atoms with E-state index in [-0.39, 0.29) is 5.75 Å². The van der Waals surface area contributed by atoms with Crippen LogP contribution in [-0.2, 0) is 0 Å². The normalized spacial score (nSPS) is 11.7. The number of pyridine rings is 1. The monoisotopic (exact) mass is 1120 g/mol. The van der Waals surface area contributed by atoms with Crippen LogP contribution in [-0.4, -0.2) is 19.6 Å². The lowest BCUT2D eigenvalue weighted by Crippen LogP contribution is -2.04. The smallest absolute Gasteiger partial charge is 0.164 e. The van der Waals surface area contributed by atoms with E-state index < -0.39 is 0 Å². The minimum Gasteiger partial charge on any atom is -0.507 e. The Hall–Kier alpha value is -10.6. The van der Waals surface area contributed by atoms with Gasteiger partial charge < -0.3 is 9.52 Å². The van der Waals surface area contributed by atoms with Crippen LogP contribution >= 0.6 is 0 Å². The van der Waals surface area contributed by atoms with Crippen LogP contribution in [0.2, 0.25) is 0 Å². The SMILES string of the molecule is Cc1cc(C)c(-c2cccc(-c3c(C)cc(C)cc3C)c2-c2cc(-c3cc(-c4c(-c5ccccc5)cccc4-c4ccccc4)c4oc5ccccc5c4c3)c3nc(-c4ccc5ccc6cccc(O)c6c5n4)n(-c4c(C)cccc4C)c3c2)c(C)c1. The van der Waals surface area contributed by atoms with Crippen molar-refractivity contribution in [3.8, 4) is 101 Å². The molecule has 3 heterocycles. The molecular formula is C82H63N3O2. The molecule has 0 amide bonds. The summed E-state index contributed by atoms with van der Waals surface area (Å²) in [6.45, 7) is 17.8. The number of hydrogen-bond donors (Lipinski definition) is 1. The quantitative estimate of drug-likeness (QED) is 0.146. The van der Waals surface area contributed by atoms with E-state index in [0.717, 1.165) is 127 Å². The van der Waals surface area contributed by atoms with E-state index in [2.05, 4.69) is 272 Å². The number of phenolic OH excluding ortho intramolecular Hbond substituents is 1. The number of phenols is 1. The van der Waals surface area contributed by atoms with Gasteiger partial charge in [0.15, 0.2) is 5.82 Å². The molecule has 0 aliphatic rings. The zero-order valence-electron chi connectivity index (χ0n) is 50.1. The Morgan fingerprint density at radius 2 is 0.897 bits per heavy atom. The molecule has 0 spiro atoms. The van der Waals surface area contributed by atoms with Crippen molar-refractivity contribution in [3.63, 3.8) is 0 Å². The molecule has 87 heavy (non-hydrogen) atoms. The van der Waals surface area contributed by atoms with Gasteiger partial charge in [0, 0.05) is 38.2 Å². The summed E-state index contributed by atoms with van der Waals surface area (Å²) < 4.78 is 9.54. The zero-order chi connectivity index (χ0) is 59.4. The van der Waals surface area contributed by atoms with Crippen molar-refractivity contribution in [3.05, 3.63) is 275 Å². The molecule has 15 rings (SSSR count). The lowest BCUT2D eigenvalue weighted by molar-refractivity contribution is 0.482. The Labute approximate surface area is 507 Å². The Bertz CT molecular complexity index is 5120. The van der Waals surface area contributed by atoms with E-state index in [1.54, 1.807) is 6.07 Å². The molecule has 0 saturated heterocycles. The number of aromatic nitrogens is 3. The fourth-order valence-electron chi connectivity index (χ4n) is 14.4. The number of imidazole rings is 1. The van der Waals surface area contributed by atoms with Crippen LogP contribution in [0.1, 0.15) is 44.5 Å². The summed E-state index contributed by atoms with van der Waals surface area (Å²) in [4.78, 5) is 11.5. The van der Waals surface area contributed by atoms with E-state index in [1.165, 1.54) is 44.5 Å². The fourth-order valence-corrected chi connectivity index (χ4v) is 14.4. The highest BCUT2D eigenvalue weighted by Gasteiger charge is 2.28. The van der Waals surface area contributed by atoms with Gasteiger partial charge in [0.2, 0.25) is 0 Å². The summed E-state index contributed by atoms with van der Waals surface area (Å²) in [5.74, 6) is 0.877. The van der Waals surface area contributed by atoms with Crippen LogP contribution in [0.25, 0.3) is 150 Å². The van der Waals surface area contributed by atoms with Gasteiger partial charge in [0.25, 0.3) is 0 Å². The van der Waals surface area contributed by atoms with E-state index >= 15 is 0 Å². The molecule has 0 bridgehead atoms. The number of furan rings is 1. The summed E-state index contributed by atoms with van der Waals surface area (Å²) in [7, 11) is 0. The first-order chi connectivity index (χ1) is 42.4. The highest BCUT2D eigenvalue weighted by molar-refractivity contribution is 6.16.